The maximum Gasteiger partial charge on any atom is 0.283 e. The molecule has 2 aromatic rings. The molecule has 1 aromatic carbocycles. The van der Waals surface area contributed by atoms with Crippen molar-refractivity contribution >= 4 is 57.3 Å². The maximum atomic E-state index is 13.6. The molecule has 180 valence electrons. The lowest BCUT2D eigenvalue weighted by Crippen LogP contribution is -2.35. The number of benzene rings is 1. The Bertz CT molecular complexity index is 1370. The van der Waals surface area contributed by atoms with Crippen LogP contribution in [0.25, 0.3) is 11.8 Å². The van der Waals surface area contributed by atoms with Crippen molar-refractivity contribution in [1.29, 1.82) is 5.41 Å². The van der Waals surface area contributed by atoms with Crippen molar-refractivity contribution < 1.29 is 14.0 Å². The van der Waals surface area contributed by atoms with Crippen LogP contribution in [0.2, 0.25) is 5.02 Å². The molecule has 1 aromatic heterocycles. The van der Waals surface area contributed by atoms with Crippen LogP contribution >= 0.6 is 23.4 Å². The van der Waals surface area contributed by atoms with E-state index in [-0.39, 0.29) is 33.9 Å². The summed E-state index contributed by atoms with van der Waals surface area (Å²) in [4.78, 5) is 31.2. The van der Waals surface area contributed by atoms with Gasteiger partial charge in [-0.3, -0.25) is 15.0 Å². The molecule has 0 saturated carbocycles. The molecule has 8 nitrogen and oxygen atoms in total. The van der Waals surface area contributed by atoms with Gasteiger partial charge < -0.3 is 9.47 Å². The molecule has 0 aliphatic carbocycles. The van der Waals surface area contributed by atoms with Gasteiger partial charge >= 0.3 is 0 Å². The molecule has 3 aliphatic rings. The molecule has 3 aliphatic heterocycles. The number of aliphatic imine (C=N–C) groups is 1. The van der Waals surface area contributed by atoms with Crippen LogP contribution < -0.4 is 0 Å². The van der Waals surface area contributed by atoms with Crippen molar-refractivity contribution in [2.75, 3.05) is 13.1 Å². The van der Waals surface area contributed by atoms with Crippen molar-refractivity contribution in [1.82, 2.24) is 14.5 Å². The zero-order valence-corrected chi connectivity index (χ0v) is 20.7. The lowest BCUT2D eigenvalue weighted by atomic mass is 10.1. The van der Waals surface area contributed by atoms with Crippen LogP contribution in [0.15, 0.2) is 39.9 Å². The van der Waals surface area contributed by atoms with E-state index in [0.29, 0.717) is 10.7 Å². The molecule has 1 fully saturated rings. The van der Waals surface area contributed by atoms with Crippen molar-refractivity contribution in [2.45, 2.75) is 33.1 Å². The molecule has 1 saturated heterocycles. The molecule has 0 atom stereocenters. The number of hydrazone groups is 1. The second kappa shape index (κ2) is 9.09. The smallest absolute Gasteiger partial charge is 0.283 e. The molecule has 5 rings (SSSR count). The number of nitrogens with zero attached hydrogens (tertiary/aromatic N) is 5. The molecule has 35 heavy (non-hydrogen) atoms. The zero-order chi connectivity index (χ0) is 24.9. The third-order valence-corrected chi connectivity index (χ3v) is 7.39. The second-order valence-corrected chi connectivity index (χ2v) is 9.99. The summed E-state index contributed by atoms with van der Waals surface area (Å²) in [6.07, 6.45) is 3.75. The standard InChI is InChI=1S/C24H22ClFN6O2S/c1-13-9-15(14(2)31(13)16-5-6-19(26)18(25)11-16)10-17-22(27)32-24(28-23(17)34)35-20(29-32)12-21(33)30-7-3-4-8-30/h5-6,9-11,27H,3-4,7-8,12H2,1-2H3. The number of carbonyl (C=O) groups excluding carboxylic acids is 2. The highest BCUT2D eigenvalue weighted by molar-refractivity contribution is 8.27. The van der Waals surface area contributed by atoms with E-state index in [9.17, 15) is 14.0 Å². The number of fused-ring (bicyclic) bond motifs is 1. The van der Waals surface area contributed by atoms with E-state index in [2.05, 4.69) is 10.1 Å². The lowest BCUT2D eigenvalue weighted by Gasteiger charge is -2.20. The summed E-state index contributed by atoms with van der Waals surface area (Å²) in [5.41, 5.74) is 3.16. The average Bonchev–Trinajstić information content (AvgIpc) is 3.53. The third-order valence-electron chi connectivity index (χ3n) is 6.19. The Labute approximate surface area is 210 Å². The van der Waals surface area contributed by atoms with E-state index in [4.69, 9.17) is 17.0 Å². The molecular formula is C24H22ClFN6O2S. The minimum Gasteiger partial charge on any atom is -0.342 e. The highest BCUT2D eigenvalue weighted by Crippen LogP contribution is 2.31. The molecule has 0 spiro atoms. The number of hydrogen-bond acceptors (Lipinski definition) is 5. The Morgan fingerprint density at radius 2 is 2.00 bits per heavy atom. The van der Waals surface area contributed by atoms with Gasteiger partial charge in [0.05, 0.1) is 17.0 Å². The largest absolute Gasteiger partial charge is 0.342 e. The van der Waals surface area contributed by atoms with Crippen molar-refractivity contribution in [3.63, 3.8) is 0 Å². The minimum atomic E-state index is -0.536. The summed E-state index contributed by atoms with van der Waals surface area (Å²) in [6.45, 7) is 5.27. The number of halogens is 2. The van der Waals surface area contributed by atoms with Crippen molar-refractivity contribution in [2.24, 2.45) is 10.1 Å². The Kier molecular flexibility index (Phi) is 6.10. The molecule has 2 amide bonds. The number of nitrogens with one attached hydrogen (secondary N) is 1. The third kappa shape index (κ3) is 4.32. The number of amides is 2. The number of carbonyl (C=O) groups is 2. The Hall–Kier alpha value is -3.24. The number of hydrogen-bond donors (Lipinski definition) is 1. The molecule has 11 heteroatoms. The van der Waals surface area contributed by atoms with E-state index < -0.39 is 11.7 Å². The van der Waals surface area contributed by atoms with Crippen LogP contribution in [0.1, 0.15) is 36.2 Å². The first-order chi connectivity index (χ1) is 16.7. The topological polar surface area (TPSA) is 94.1 Å². The Morgan fingerprint density at radius 1 is 1.26 bits per heavy atom. The SMILES string of the molecule is Cc1cc(C=C2C(=N)N3N=C(CC(=O)N4CCCC4)SC3=NC2=O)c(C)n1-c1ccc(F)c(Cl)c1. The highest BCUT2D eigenvalue weighted by atomic mass is 35.5. The average molecular weight is 513 g/mol. The summed E-state index contributed by atoms with van der Waals surface area (Å²) in [6, 6.07) is 6.35. The molecule has 0 unspecified atom stereocenters. The van der Waals surface area contributed by atoms with Crippen LogP contribution in [-0.2, 0) is 9.59 Å². The first kappa shape index (κ1) is 23.5. The zero-order valence-electron chi connectivity index (χ0n) is 19.1. The van der Waals surface area contributed by atoms with E-state index in [1.54, 1.807) is 18.2 Å². The molecule has 0 radical (unpaired) electrons. The fourth-order valence-electron chi connectivity index (χ4n) is 4.42. The summed E-state index contributed by atoms with van der Waals surface area (Å²) in [7, 11) is 0. The van der Waals surface area contributed by atoms with Gasteiger partial charge in [-0.1, -0.05) is 11.6 Å². The summed E-state index contributed by atoms with van der Waals surface area (Å²) in [5.74, 6) is -1.13. The highest BCUT2D eigenvalue weighted by Gasteiger charge is 2.36. The fourth-order valence-corrected chi connectivity index (χ4v) is 5.47. The van der Waals surface area contributed by atoms with Gasteiger partial charge in [0.2, 0.25) is 11.1 Å². The number of rotatable bonds is 4. The first-order valence-corrected chi connectivity index (χ1v) is 12.3. The lowest BCUT2D eigenvalue weighted by molar-refractivity contribution is -0.128. The normalized spacial score (nSPS) is 18.9. The van der Waals surface area contributed by atoms with Gasteiger partial charge in [0.15, 0.2) is 5.84 Å². The molecular weight excluding hydrogens is 491 g/mol. The Balaban J connectivity index is 1.42. The monoisotopic (exact) mass is 512 g/mol. The minimum absolute atomic E-state index is 0.00356. The van der Waals surface area contributed by atoms with Crippen LogP contribution in [0.5, 0.6) is 0 Å². The van der Waals surface area contributed by atoms with Gasteiger partial charge in [0.1, 0.15) is 10.9 Å². The van der Waals surface area contributed by atoms with Gasteiger partial charge in [-0.2, -0.15) is 15.1 Å². The number of thioether (sulfide) groups is 1. The van der Waals surface area contributed by atoms with Gasteiger partial charge in [-0.15, -0.1) is 0 Å². The summed E-state index contributed by atoms with van der Waals surface area (Å²) >= 11 is 7.12. The summed E-state index contributed by atoms with van der Waals surface area (Å²) in [5, 5.41) is 15.1. The number of aromatic nitrogens is 1. The number of aryl methyl sites for hydroxylation is 1. The predicted octanol–water partition coefficient (Wildman–Crippen LogP) is 4.52. The van der Waals surface area contributed by atoms with E-state index in [1.807, 2.05) is 29.4 Å². The fraction of sp³-hybridized carbons (Fsp3) is 0.292. The maximum absolute atomic E-state index is 13.6. The molecule has 0 bridgehead atoms. The predicted molar refractivity (Wildman–Crippen MR) is 136 cm³/mol. The molecule has 1 N–H and O–H groups in total. The van der Waals surface area contributed by atoms with Gasteiger partial charge in [-0.05, 0) is 74.4 Å². The Morgan fingerprint density at radius 3 is 2.71 bits per heavy atom. The van der Waals surface area contributed by atoms with E-state index >= 15 is 0 Å². The van der Waals surface area contributed by atoms with Crippen molar-refractivity contribution in [3.8, 4) is 5.69 Å². The van der Waals surface area contributed by atoms with E-state index in [0.717, 1.165) is 54.6 Å². The van der Waals surface area contributed by atoms with Crippen molar-refractivity contribution in [3.05, 3.63) is 57.6 Å². The summed E-state index contributed by atoms with van der Waals surface area (Å²) < 4.78 is 15.5. The number of likely N-dealkylation sites (tertiary alicyclic amines) is 1. The number of amidine groups is 2. The van der Waals surface area contributed by atoms with Gasteiger partial charge in [0.25, 0.3) is 5.91 Å². The van der Waals surface area contributed by atoms with Crippen LogP contribution in [0, 0.1) is 25.1 Å². The van der Waals surface area contributed by atoms with E-state index in [1.165, 1.54) is 11.1 Å². The first-order valence-electron chi connectivity index (χ1n) is 11.1. The second-order valence-electron chi connectivity index (χ2n) is 8.54. The van der Waals surface area contributed by atoms with Gasteiger partial charge in [-0.25, -0.2) is 4.39 Å². The quantitative estimate of drug-likeness (QED) is 0.609. The van der Waals surface area contributed by atoms with Gasteiger partial charge in [0, 0.05) is 30.2 Å². The van der Waals surface area contributed by atoms with Crippen LogP contribution in [0.3, 0.4) is 0 Å². The van der Waals surface area contributed by atoms with Crippen LogP contribution in [-0.4, -0.2) is 55.4 Å². The molecule has 4 heterocycles. The van der Waals surface area contributed by atoms with Crippen LogP contribution in [0.4, 0.5) is 4.39 Å².